The first-order valence-electron chi connectivity index (χ1n) is 5.59. The molecule has 0 bridgehead atoms. The van der Waals surface area contributed by atoms with E-state index < -0.39 is 0 Å². The summed E-state index contributed by atoms with van der Waals surface area (Å²) < 4.78 is 0. The van der Waals surface area contributed by atoms with Crippen molar-refractivity contribution in [1.29, 1.82) is 0 Å². The predicted octanol–water partition coefficient (Wildman–Crippen LogP) is 3.91. The largest absolute Gasteiger partial charge is 0.348 e. The number of rotatable bonds is 2. The van der Waals surface area contributed by atoms with Gasteiger partial charge in [-0.3, -0.25) is 0 Å². The van der Waals surface area contributed by atoms with E-state index in [-0.39, 0.29) is 0 Å². The summed E-state index contributed by atoms with van der Waals surface area (Å²) in [6.07, 6.45) is 3.93. The molecule has 0 radical (unpaired) electrons. The van der Waals surface area contributed by atoms with Gasteiger partial charge in [-0.05, 0) is 25.2 Å². The quantitative estimate of drug-likeness (QED) is 0.784. The number of anilines is 1. The smallest absolute Gasteiger partial charge is 0.187 e. The molecule has 2 heterocycles. The van der Waals surface area contributed by atoms with E-state index in [9.17, 15) is 0 Å². The first kappa shape index (κ1) is 11.2. The van der Waals surface area contributed by atoms with Gasteiger partial charge in [-0.1, -0.05) is 25.4 Å². The highest BCUT2D eigenvalue weighted by Gasteiger charge is 2.18. The minimum Gasteiger partial charge on any atom is -0.348 e. The molecule has 1 aromatic rings. The van der Waals surface area contributed by atoms with Crippen LogP contribution in [-0.2, 0) is 0 Å². The molecule has 0 unspecified atom stereocenters. The van der Waals surface area contributed by atoms with Gasteiger partial charge in [0, 0.05) is 18.0 Å². The molecule has 0 amide bonds. The van der Waals surface area contributed by atoms with E-state index >= 15 is 0 Å². The molecule has 0 atom stereocenters. The third-order valence-electron chi connectivity index (χ3n) is 2.75. The van der Waals surface area contributed by atoms with Crippen LogP contribution >= 0.6 is 22.9 Å². The molecule has 1 aromatic heterocycles. The van der Waals surface area contributed by atoms with Gasteiger partial charge in [0.2, 0.25) is 0 Å². The molecule has 15 heavy (non-hydrogen) atoms. The molecule has 2 nitrogen and oxygen atoms in total. The second kappa shape index (κ2) is 4.71. The summed E-state index contributed by atoms with van der Waals surface area (Å²) in [6.45, 7) is 6.61. The maximum absolute atomic E-state index is 6.13. The zero-order valence-corrected chi connectivity index (χ0v) is 10.9. The second-order valence-corrected chi connectivity index (χ2v) is 5.72. The van der Waals surface area contributed by atoms with Crippen LogP contribution in [0.4, 0.5) is 5.13 Å². The minimum absolute atomic E-state index is 0.480. The van der Waals surface area contributed by atoms with E-state index in [1.54, 1.807) is 11.3 Å². The van der Waals surface area contributed by atoms with Crippen molar-refractivity contribution in [2.24, 2.45) is 0 Å². The Balaban J connectivity index is 2.17. The fourth-order valence-electron chi connectivity index (χ4n) is 1.88. The number of hydrogen-bond donors (Lipinski definition) is 0. The van der Waals surface area contributed by atoms with E-state index in [0.29, 0.717) is 11.1 Å². The average Bonchev–Trinajstić information content (AvgIpc) is 2.62. The molecule has 0 spiro atoms. The molecule has 1 fully saturated rings. The average molecular weight is 245 g/mol. The highest BCUT2D eigenvalue weighted by molar-refractivity contribution is 7.16. The summed E-state index contributed by atoms with van der Waals surface area (Å²) >= 11 is 7.89. The lowest BCUT2D eigenvalue weighted by atomic mass is 10.1. The molecule has 0 aromatic carbocycles. The lowest BCUT2D eigenvalue weighted by Crippen LogP contribution is -2.29. The van der Waals surface area contributed by atoms with Crippen molar-refractivity contribution < 1.29 is 0 Å². The summed E-state index contributed by atoms with van der Waals surface area (Å²) in [6, 6.07) is 0. The lowest BCUT2D eigenvalue weighted by molar-refractivity contribution is 0.577. The molecule has 84 valence electrons. The van der Waals surface area contributed by atoms with Crippen molar-refractivity contribution in [2.75, 3.05) is 18.0 Å². The van der Waals surface area contributed by atoms with E-state index in [4.69, 9.17) is 11.6 Å². The fourth-order valence-corrected chi connectivity index (χ4v) is 3.35. The van der Waals surface area contributed by atoms with Crippen LogP contribution in [0.15, 0.2) is 0 Å². The van der Waals surface area contributed by atoms with Crippen molar-refractivity contribution >= 4 is 28.1 Å². The third kappa shape index (κ3) is 2.45. The summed E-state index contributed by atoms with van der Waals surface area (Å²) in [5.74, 6) is 0.480. The molecule has 1 saturated heterocycles. The molecule has 0 N–H and O–H groups in total. The Hall–Kier alpha value is -0.280. The van der Waals surface area contributed by atoms with Crippen LogP contribution < -0.4 is 4.90 Å². The summed E-state index contributed by atoms with van der Waals surface area (Å²) in [5, 5.41) is 1.82. The fraction of sp³-hybridized carbons (Fsp3) is 0.727. The first-order valence-corrected chi connectivity index (χ1v) is 6.79. The molecule has 4 heteroatoms. The monoisotopic (exact) mass is 244 g/mol. The van der Waals surface area contributed by atoms with Gasteiger partial charge in [0.25, 0.3) is 0 Å². The van der Waals surface area contributed by atoms with Gasteiger partial charge in [-0.15, -0.1) is 11.3 Å². The molecule has 0 aliphatic carbocycles. The molecular formula is C11H17ClN2S. The molecular weight excluding hydrogens is 228 g/mol. The molecule has 2 rings (SSSR count). The Morgan fingerprint density at radius 1 is 1.27 bits per heavy atom. The summed E-state index contributed by atoms with van der Waals surface area (Å²) in [4.78, 5) is 8.05. The summed E-state index contributed by atoms with van der Waals surface area (Å²) in [5.41, 5.74) is 0. The van der Waals surface area contributed by atoms with Crippen LogP contribution in [0.5, 0.6) is 0 Å². The number of halogens is 1. The molecule has 1 aliphatic heterocycles. The highest BCUT2D eigenvalue weighted by Crippen LogP contribution is 2.35. The van der Waals surface area contributed by atoms with Crippen molar-refractivity contribution in [3.05, 3.63) is 10.0 Å². The van der Waals surface area contributed by atoms with E-state index in [1.807, 2.05) is 0 Å². The van der Waals surface area contributed by atoms with E-state index in [1.165, 1.54) is 24.1 Å². The maximum Gasteiger partial charge on any atom is 0.187 e. The van der Waals surface area contributed by atoms with E-state index in [0.717, 1.165) is 18.2 Å². The van der Waals surface area contributed by atoms with Gasteiger partial charge >= 0.3 is 0 Å². The van der Waals surface area contributed by atoms with Crippen LogP contribution in [0.3, 0.4) is 0 Å². The van der Waals surface area contributed by atoms with Crippen LogP contribution in [0, 0.1) is 0 Å². The zero-order chi connectivity index (χ0) is 10.8. The number of hydrogen-bond acceptors (Lipinski definition) is 3. The standard InChI is InChI=1S/C11H17ClN2S/c1-8(2)9-10(12)13-11(15-9)14-6-4-3-5-7-14/h8H,3-7H2,1-2H3. The topological polar surface area (TPSA) is 16.1 Å². The Bertz CT molecular complexity index is 329. The van der Waals surface area contributed by atoms with E-state index in [2.05, 4.69) is 23.7 Å². The molecule has 1 aliphatic rings. The van der Waals surface area contributed by atoms with Gasteiger partial charge in [-0.25, -0.2) is 4.98 Å². The van der Waals surface area contributed by atoms with Gasteiger partial charge in [0.05, 0.1) is 0 Å². The number of piperidine rings is 1. The number of nitrogens with zero attached hydrogens (tertiary/aromatic N) is 2. The Labute approximate surface area is 100 Å². The number of aromatic nitrogens is 1. The van der Waals surface area contributed by atoms with Gasteiger partial charge in [0.1, 0.15) is 5.15 Å². The van der Waals surface area contributed by atoms with Crippen LogP contribution in [0.1, 0.15) is 43.9 Å². The van der Waals surface area contributed by atoms with Crippen molar-refractivity contribution in [2.45, 2.75) is 39.0 Å². The Kier molecular flexibility index (Phi) is 3.52. The normalized spacial score (nSPS) is 17.5. The van der Waals surface area contributed by atoms with Gasteiger partial charge in [0.15, 0.2) is 5.13 Å². The highest BCUT2D eigenvalue weighted by atomic mass is 35.5. The Morgan fingerprint density at radius 3 is 2.47 bits per heavy atom. The SMILES string of the molecule is CC(C)c1sc(N2CCCCC2)nc1Cl. The second-order valence-electron chi connectivity index (χ2n) is 4.35. The lowest BCUT2D eigenvalue weighted by Gasteiger charge is -2.25. The zero-order valence-electron chi connectivity index (χ0n) is 9.29. The Morgan fingerprint density at radius 2 is 1.93 bits per heavy atom. The van der Waals surface area contributed by atoms with Crippen molar-refractivity contribution in [3.63, 3.8) is 0 Å². The van der Waals surface area contributed by atoms with Crippen molar-refractivity contribution in [3.8, 4) is 0 Å². The van der Waals surface area contributed by atoms with Crippen molar-refractivity contribution in [1.82, 2.24) is 4.98 Å². The third-order valence-corrected chi connectivity index (χ3v) is 4.57. The van der Waals surface area contributed by atoms with Crippen LogP contribution in [-0.4, -0.2) is 18.1 Å². The first-order chi connectivity index (χ1) is 7.18. The van der Waals surface area contributed by atoms with Gasteiger partial charge in [-0.2, -0.15) is 0 Å². The molecule has 0 saturated carbocycles. The van der Waals surface area contributed by atoms with Crippen LogP contribution in [0.2, 0.25) is 5.15 Å². The summed E-state index contributed by atoms with van der Waals surface area (Å²) in [7, 11) is 0. The van der Waals surface area contributed by atoms with Gasteiger partial charge < -0.3 is 4.90 Å². The van der Waals surface area contributed by atoms with Crippen LogP contribution in [0.25, 0.3) is 0 Å². The predicted molar refractivity (Wildman–Crippen MR) is 67.3 cm³/mol. The number of thiazole rings is 1. The minimum atomic E-state index is 0.480. The maximum atomic E-state index is 6.13.